The molecule has 0 aliphatic carbocycles. The van der Waals surface area contributed by atoms with E-state index in [-0.39, 0.29) is 0 Å². The molecule has 2 heterocycles. The maximum absolute atomic E-state index is 5.54. The third kappa shape index (κ3) is 6.83. The Hall–Kier alpha value is -2.32. The van der Waals surface area contributed by atoms with Crippen molar-refractivity contribution in [3.63, 3.8) is 0 Å². The number of thiazole rings is 1. The molecule has 0 atom stereocenters. The quantitative estimate of drug-likeness (QED) is 0.363. The SMILES string of the molecule is CCNC(=NCCCc1nc(C)cs1)N1CCN(Cc2cc(OC)ccc2OC)CC1. The first-order valence-electron chi connectivity index (χ1n) is 11.0. The van der Waals surface area contributed by atoms with Crippen LogP contribution < -0.4 is 14.8 Å². The summed E-state index contributed by atoms with van der Waals surface area (Å²) in [5, 5.41) is 6.78. The van der Waals surface area contributed by atoms with Crippen molar-refractivity contribution in [3.8, 4) is 11.5 Å². The summed E-state index contributed by atoms with van der Waals surface area (Å²) in [5.41, 5.74) is 2.27. The summed E-state index contributed by atoms with van der Waals surface area (Å²) < 4.78 is 10.9. The summed E-state index contributed by atoms with van der Waals surface area (Å²) in [4.78, 5) is 14.2. The first-order chi connectivity index (χ1) is 15.1. The van der Waals surface area contributed by atoms with Crippen LogP contribution in [0.5, 0.6) is 11.5 Å². The molecule has 7 nitrogen and oxygen atoms in total. The van der Waals surface area contributed by atoms with Crippen LogP contribution in [0.25, 0.3) is 0 Å². The largest absolute Gasteiger partial charge is 0.497 e. The minimum absolute atomic E-state index is 0.822. The molecule has 170 valence electrons. The number of rotatable bonds is 9. The molecule has 1 aliphatic heterocycles. The van der Waals surface area contributed by atoms with Gasteiger partial charge in [-0.25, -0.2) is 4.98 Å². The molecule has 1 aromatic heterocycles. The van der Waals surface area contributed by atoms with E-state index in [0.29, 0.717) is 0 Å². The van der Waals surface area contributed by atoms with E-state index in [9.17, 15) is 0 Å². The van der Waals surface area contributed by atoms with E-state index in [1.165, 1.54) is 5.01 Å². The second-order valence-corrected chi connectivity index (χ2v) is 8.61. The molecular formula is C23H35N5O2S. The lowest BCUT2D eigenvalue weighted by molar-refractivity contribution is 0.171. The number of hydrogen-bond acceptors (Lipinski definition) is 6. The van der Waals surface area contributed by atoms with Crippen molar-refractivity contribution in [2.45, 2.75) is 33.2 Å². The molecular weight excluding hydrogens is 410 g/mol. The smallest absolute Gasteiger partial charge is 0.194 e. The first kappa shape index (κ1) is 23.3. The van der Waals surface area contributed by atoms with Crippen LogP contribution in [-0.4, -0.2) is 74.2 Å². The van der Waals surface area contributed by atoms with Crippen LogP contribution in [0.1, 0.15) is 29.6 Å². The second kappa shape index (κ2) is 11.9. The second-order valence-electron chi connectivity index (χ2n) is 7.66. The van der Waals surface area contributed by atoms with E-state index in [0.717, 1.165) is 87.4 Å². The normalized spacial score (nSPS) is 15.2. The topological polar surface area (TPSA) is 62.2 Å². The predicted octanol–water partition coefficient (Wildman–Crippen LogP) is 3.18. The van der Waals surface area contributed by atoms with Gasteiger partial charge in [-0.15, -0.1) is 11.3 Å². The summed E-state index contributed by atoms with van der Waals surface area (Å²) in [6.45, 7) is 10.6. The Morgan fingerprint density at radius 2 is 2.00 bits per heavy atom. The molecule has 0 bridgehead atoms. The molecule has 8 heteroatoms. The molecule has 1 saturated heterocycles. The Balaban J connectivity index is 1.51. The van der Waals surface area contributed by atoms with Crippen LogP contribution in [0, 0.1) is 6.92 Å². The number of benzene rings is 1. The molecule has 1 aliphatic rings. The molecule has 31 heavy (non-hydrogen) atoms. The Morgan fingerprint density at radius 3 is 2.65 bits per heavy atom. The van der Waals surface area contributed by atoms with Crippen molar-refractivity contribution in [2.24, 2.45) is 4.99 Å². The van der Waals surface area contributed by atoms with Gasteiger partial charge in [0.05, 0.1) is 19.2 Å². The van der Waals surface area contributed by atoms with Crippen molar-refractivity contribution in [2.75, 3.05) is 53.5 Å². The first-order valence-corrected chi connectivity index (χ1v) is 11.9. The van der Waals surface area contributed by atoms with Gasteiger partial charge in [0.1, 0.15) is 11.5 Å². The van der Waals surface area contributed by atoms with Gasteiger partial charge in [0, 0.05) is 68.9 Å². The molecule has 0 spiro atoms. The maximum atomic E-state index is 5.54. The van der Waals surface area contributed by atoms with Crippen molar-refractivity contribution in [1.29, 1.82) is 0 Å². The van der Waals surface area contributed by atoms with Crippen LogP contribution in [0.3, 0.4) is 0 Å². The highest BCUT2D eigenvalue weighted by atomic mass is 32.1. The van der Waals surface area contributed by atoms with Crippen molar-refractivity contribution >= 4 is 17.3 Å². The number of hydrogen-bond donors (Lipinski definition) is 1. The number of nitrogens with zero attached hydrogens (tertiary/aromatic N) is 4. The van der Waals surface area contributed by atoms with E-state index >= 15 is 0 Å². The third-order valence-electron chi connectivity index (χ3n) is 5.37. The highest BCUT2D eigenvalue weighted by Gasteiger charge is 2.20. The lowest BCUT2D eigenvalue weighted by Gasteiger charge is -2.36. The Morgan fingerprint density at radius 1 is 1.19 bits per heavy atom. The number of nitrogens with one attached hydrogen (secondary N) is 1. The van der Waals surface area contributed by atoms with Gasteiger partial charge in [-0.3, -0.25) is 9.89 Å². The maximum Gasteiger partial charge on any atom is 0.194 e. The highest BCUT2D eigenvalue weighted by Crippen LogP contribution is 2.25. The van der Waals surface area contributed by atoms with Crippen LogP contribution in [0.4, 0.5) is 0 Å². The molecule has 0 saturated carbocycles. The molecule has 1 fully saturated rings. The highest BCUT2D eigenvalue weighted by molar-refractivity contribution is 7.09. The fraction of sp³-hybridized carbons (Fsp3) is 0.565. The number of aryl methyl sites for hydroxylation is 2. The Kier molecular flexibility index (Phi) is 8.97. The molecule has 0 radical (unpaired) electrons. The van der Waals surface area contributed by atoms with Crippen molar-refractivity contribution in [3.05, 3.63) is 39.8 Å². The monoisotopic (exact) mass is 445 g/mol. The number of guanidine groups is 1. The molecule has 1 aromatic carbocycles. The number of methoxy groups -OCH3 is 2. The summed E-state index contributed by atoms with van der Waals surface area (Å²) in [6.07, 6.45) is 2.02. The van der Waals surface area contributed by atoms with Gasteiger partial charge in [0.2, 0.25) is 0 Å². The number of ether oxygens (including phenoxy) is 2. The minimum Gasteiger partial charge on any atom is -0.497 e. The van der Waals surface area contributed by atoms with Crippen molar-refractivity contribution in [1.82, 2.24) is 20.1 Å². The average molecular weight is 446 g/mol. The zero-order valence-electron chi connectivity index (χ0n) is 19.2. The van der Waals surface area contributed by atoms with Gasteiger partial charge in [-0.2, -0.15) is 0 Å². The number of piperazine rings is 1. The number of aromatic nitrogens is 1. The predicted molar refractivity (Wildman–Crippen MR) is 128 cm³/mol. The summed E-state index contributed by atoms with van der Waals surface area (Å²) in [5.74, 6) is 2.80. The summed E-state index contributed by atoms with van der Waals surface area (Å²) >= 11 is 1.74. The molecule has 1 N–H and O–H groups in total. The standard InChI is InChI=1S/C23H35N5O2S/c1-5-24-23(25-10-6-7-22-26-18(2)17-31-22)28-13-11-27(12-14-28)16-19-15-20(29-3)8-9-21(19)30-4/h8-9,15,17H,5-7,10-14,16H2,1-4H3,(H,24,25). The summed E-state index contributed by atoms with van der Waals surface area (Å²) in [6, 6.07) is 5.99. The van der Waals surface area contributed by atoms with Crippen LogP contribution >= 0.6 is 11.3 Å². The van der Waals surface area contributed by atoms with Gasteiger partial charge >= 0.3 is 0 Å². The Labute approximate surface area is 190 Å². The third-order valence-corrected chi connectivity index (χ3v) is 6.39. The van der Waals surface area contributed by atoms with E-state index in [1.807, 2.05) is 19.1 Å². The number of aliphatic imine (C=N–C) groups is 1. The Bertz CT molecular complexity index is 846. The molecule has 2 aromatic rings. The molecule has 0 unspecified atom stereocenters. The minimum atomic E-state index is 0.822. The van der Waals surface area contributed by atoms with Crippen LogP contribution in [0.2, 0.25) is 0 Å². The van der Waals surface area contributed by atoms with Crippen molar-refractivity contribution < 1.29 is 9.47 Å². The van der Waals surface area contributed by atoms with Gasteiger partial charge < -0.3 is 19.7 Å². The molecule has 0 amide bonds. The van der Waals surface area contributed by atoms with Crippen LogP contribution in [0.15, 0.2) is 28.6 Å². The average Bonchev–Trinajstić information content (AvgIpc) is 3.21. The van der Waals surface area contributed by atoms with E-state index in [1.54, 1.807) is 25.6 Å². The van der Waals surface area contributed by atoms with E-state index in [4.69, 9.17) is 14.5 Å². The van der Waals surface area contributed by atoms with Gasteiger partial charge in [-0.1, -0.05) is 0 Å². The lowest BCUT2D eigenvalue weighted by Crippen LogP contribution is -2.52. The van der Waals surface area contributed by atoms with Gasteiger partial charge in [0.25, 0.3) is 0 Å². The van der Waals surface area contributed by atoms with Crippen LogP contribution in [-0.2, 0) is 13.0 Å². The lowest BCUT2D eigenvalue weighted by atomic mass is 10.1. The van der Waals surface area contributed by atoms with E-state index in [2.05, 4.69) is 38.5 Å². The zero-order valence-corrected chi connectivity index (χ0v) is 20.0. The van der Waals surface area contributed by atoms with E-state index < -0.39 is 0 Å². The fourth-order valence-electron chi connectivity index (χ4n) is 3.72. The van der Waals surface area contributed by atoms with Gasteiger partial charge in [-0.05, 0) is 38.5 Å². The zero-order chi connectivity index (χ0) is 22.1. The summed E-state index contributed by atoms with van der Waals surface area (Å²) in [7, 11) is 3.42. The van der Waals surface area contributed by atoms with Gasteiger partial charge in [0.15, 0.2) is 5.96 Å². The fourth-order valence-corrected chi connectivity index (χ4v) is 4.54. The molecule has 3 rings (SSSR count).